The van der Waals surface area contributed by atoms with Crippen LogP contribution in [-0.2, 0) is 16.1 Å². The molecule has 1 aromatic rings. The highest BCUT2D eigenvalue weighted by Crippen LogP contribution is 2.17. The SMILES string of the molecule is C[C@@H](N)C(=O)N1CCC(COCc2ccccc2)C1.Cl. The lowest BCUT2D eigenvalue weighted by Gasteiger charge is -2.18. The van der Waals surface area contributed by atoms with Gasteiger partial charge in [-0.3, -0.25) is 4.79 Å². The van der Waals surface area contributed by atoms with Crippen LogP contribution < -0.4 is 5.73 Å². The Balaban J connectivity index is 0.00000200. The van der Waals surface area contributed by atoms with Crippen LogP contribution in [0.5, 0.6) is 0 Å². The molecule has 1 unspecified atom stereocenters. The van der Waals surface area contributed by atoms with Crippen LogP contribution in [0.15, 0.2) is 30.3 Å². The maximum Gasteiger partial charge on any atom is 0.239 e. The van der Waals surface area contributed by atoms with Gasteiger partial charge in [0.2, 0.25) is 5.91 Å². The lowest BCUT2D eigenvalue weighted by molar-refractivity contribution is -0.131. The van der Waals surface area contributed by atoms with Crippen LogP contribution in [0.2, 0.25) is 0 Å². The minimum atomic E-state index is -0.399. The van der Waals surface area contributed by atoms with Crippen molar-refractivity contribution in [1.82, 2.24) is 4.90 Å². The third-order valence-corrected chi connectivity index (χ3v) is 3.45. The molecule has 0 bridgehead atoms. The Kier molecular flexibility index (Phi) is 6.99. The van der Waals surface area contributed by atoms with E-state index in [-0.39, 0.29) is 18.3 Å². The van der Waals surface area contributed by atoms with Crippen molar-refractivity contribution in [2.75, 3.05) is 19.7 Å². The first-order valence-electron chi connectivity index (χ1n) is 6.83. The number of likely N-dealkylation sites (tertiary alicyclic amines) is 1. The summed E-state index contributed by atoms with van der Waals surface area (Å²) < 4.78 is 5.72. The summed E-state index contributed by atoms with van der Waals surface area (Å²) in [6.45, 7) is 4.66. The Hall–Kier alpha value is -1.10. The van der Waals surface area contributed by atoms with Crippen LogP contribution >= 0.6 is 12.4 Å². The van der Waals surface area contributed by atoms with Crippen LogP contribution in [0.3, 0.4) is 0 Å². The second kappa shape index (κ2) is 8.25. The van der Waals surface area contributed by atoms with Crippen molar-refractivity contribution in [3.63, 3.8) is 0 Å². The molecule has 0 aromatic heterocycles. The van der Waals surface area contributed by atoms with E-state index in [4.69, 9.17) is 10.5 Å². The van der Waals surface area contributed by atoms with Crippen LogP contribution in [0.1, 0.15) is 18.9 Å². The predicted molar refractivity (Wildman–Crippen MR) is 81.7 cm³/mol. The van der Waals surface area contributed by atoms with Crippen LogP contribution in [-0.4, -0.2) is 36.5 Å². The van der Waals surface area contributed by atoms with Gasteiger partial charge in [-0.25, -0.2) is 0 Å². The Bertz CT molecular complexity index is 412. The summed E-state index contributed by atoms with van der Waals surface area (Å²) in [5.41, 5.74) is 6.80. The van der Waals surface area contributed by atoms with Crippen LogP contribution in [0.4, 0.5) is 0 Å². The zero-order valence-corrected chi connectivity index (χ0v) is 12.6. The monoisotopic (exact) mass is 298 g/mol. The normalized spacial score (nSPS) is 19.5. The first kappa shape index (κ1) is 17.0. The number of amides is 1. The number of nitrogens with two attached hydrogens (primary N) is 1. The quantitative estimate of drug-likeness (QED) is 0.902. The summed E-state index contributed by atoms with van der Waals surface area (Å²) in [7, 11) is 0. The maximum absolute atomic E-state index is 11.7. The molecule has 20 heavy (non-hydrogen) atoms. The minimum Gasteiger partial charge on any atom is -0.376 e. The minimum absolute atomic E-state index is 0. The molecular weight excluding hydrogens is 276 g/mol. The van der Waals surface area contributed by atoms with Gasteiger partial charge >= 0.3 is 0 Å². The number of hydrogen-bond donors (Lipinski definition) is 1. The van der Waals surface area contributed by atoms with Gasteiger partial charge < -0.3 is 15.4 Å². The number of benzene rings is 1. The molecule has 5 heteroatoms. The Morgan fingerprint density at radius 2 is 2.15 bits per heavy atom. The van der Waals surface area contributed by atoms with Crippen molar-refractivity contribution in [2.45, 2.75) is 26.0 Å². The molecule has 1 aliphatic rings. The predicted octanol–water partition coefficient (Wildman–Crippen LogP) is 1.82. The molecule has 1 amide bonds. The third kappa shape index (κ3) is 4.78. The molecule has 1 aromatic carbocycles. The number of carbonyl (C=O) groups is 1. The number of carbonyl (C=O) groups excluding carboxylic acids is 1. The van der Waals surface area contributed by atoms with E-state index in [1.807, 2.05) is 23.1 Å². The van der Waals surface area contributed by atoms with Gasteiger partial charge in [0.05, 0.1) is 19.3 Å². The van der Waals surface area contributed by atoms with E-state index in [1.165, 1.54) is 5.56 Å². The van der Waals surface area contributed by atoms with Crippen molar-refractivity contribution in [2.24, 2.45) is 11.7 Å². The topological polar surface area (TPSA) is 55.6 Å². The Labute approximate surface area is 126 Å². The van der Waals surface area contributed by atoms with Crippen molar-refractivity contribution >= 4 is 18.3 Å². The van der Waals surface area contributed by atoms with Gasteiger partial charge in [0.1, 0.15) is 0 Å². The summed E-state index contributed by atoms with van der Waals surface area (Å²) in [5, 5.41) is 0. The zero-order valence-electron chi connectivity index (χ0n) is 11.8. The highest BCUT2D eigenvalue weighted by atomic mass is 35.5. The van der Waals surface area contributed by atoms with E-state index in [0.717, 1.165) is 19.5 Å². The second-order valence-electron chi connectivity index (χ2n) is 5.23. The molecule has 2 rings (SSSR count). The fourth-order valence-corrected chi connectivity index (χ4v) is 2.37. The summed E-state index contributed by atoms with van der Waals surface area (Å²) in [6, 6.07) is 9.73. The molecule has 1 aliphatic heterocycles. The van der Waals surface area contributed by atoms with E-state index in [9.17, 15) is 4.79 Å². The molecule has 0 saturated carbocycles. The smallest absolute Gasteiger partial charge is 0.239 e. The summed E-state index contributed by atoms with van der Waals surface area (Å²) in [4.78, 5) is 13.6. The zero-order chi connectivity index (χ0) is 13.7. The summed E-state index contributed by atoms with van der Waals surface area (Å²) in [6.07, 6.45) is 1.01. The van der Waals surface area contributed by atoms with Crippen molar-refractivity contribution in [3.05, 3.63) is 35.9 Å². The Morgan fingerprint density at radius 1 is 1.45 bits per heavy atom. The first-order chi connectivity index (χ1) is 9.16. The van der Waals surface area contributed by atoms with Gasteiger partial charge in [0.15, 0.2) is 0 Å². The Morgan fingerprint density at radius 3 is 2.80 bits per heavy atom. The highest BCUT2D eigenvalue weighted by Gasteiger charge is 2.27. The standard InChI is InChI=1S/C15H22N2O2.ClH/c1-12(16)15(18)17-8-7-14(9-17)11-19-10-13-5-3-2-4-6-13;/h2-6,12,14H,7-11,16H2,1H3;1H/t12-,14?;/m1./s1. The van der Waals surface area contributed by atoms with E-state index < -0.39 is 6.04 Å². The van der Waals surface area contributed by atoms with Crippen molar-refractivity contribution < 1.29 is 9.53 Å². The van der Waals surface area contributed by atoms with E-state index >= 15 is 0 Å². The maximum atomic E-state index is 11.7. The fourth-order valence-electron chi connectivity index (χ4n) is 2.37. The molecule has 2 N–H and O–H groups in total. The molecule has 1 heterocycles. The molecular formula is C15H23ClN2O2. The largest absolute Gasteiger partial charge is 0.376 e. The number of hydrogen-bond acceptors (Lipinski definition) is 3. The van der Waals surface area contributed by atoms with Crippen molar-refractivity contribution in [3.8, 4) is 0 Å². The second-order valence-corrected chi connectivity index (χ2v) is 5.23. The molecule has 0 spiro atoms. The molecule has 0 radical (unpaired) electrons. The summed E-state index contributed by atoms with van der Waals surface area (Å²) >= 11 is 0. The summed E-state index contributed by atoms with van der Waals surface area (Å²) in [5.74, 6) is 0.483. The lowest BCUT2D eigenvalue weighted by atomic mass is 10.1. The van der Waals surface area contributed by atoms with Gasteiger partial charge in [-0.1, -0.05) is 30.3 Å². The van der Waals surface area contributed by atoms with Crippen LogP contribution in [0, 0.1) is 5.92 Å². The number of halogens is 1. The number of nitrogens with zero attached hydrogens (tertiary/aromatic N) is 1. The van der Waals surface area contributed by atoms with Crippen molar-refractivity contribution in [1.29, 1.82) is 0 Å². The van der Waals surface area contributed by atoms with Gasteiger partial charge in [0.25, 0.3) is 0 Å². The van der Waals surface area contributed by atoms with Gasteiger partial charge in [0, 0.05) is 19.0 Å². The fraction of sp³-hybridized carbons (Fsp3) is 0.533. The number of ether oxygens (including phenoxy) is 1. The van der Waals surface area contributed by atoms with E-state index in [0.29, 0.717) is 19.1 Å². The number of rotatable bonds is 5. The molecule has 1 fully saturated rings. The highest BCUT2D eigenvalue weighted by molar-refractivity contribution is 5.85. The van der Waals surface area contributed by atoms with Gasteiger partial charge in [-0.15, -0.1) is 12.4 Å². The molecule has 112 valence electrons. The van der Waals surface area contributed by atoms with Crippen LogP contribution in [0.25, 0.3) is 0 Å². The molecule has 0 aliphatic carbocycles. The average molecular weight is 299 g/mol. The molecule has 1 saturated heterocycles. The lowest BCUT2D eigenvalue weighted by Crippen LogP contribution is -2.40. The van der Waals surface area contributed by atoms with E-state index in [1.54, 1.807) is 6.92 Å². The molecule has 2 atom stereocenters. The average Bonchev–Trinajstić information content (AvgIpc) is 2.88. The van der Waals surface area contributed by atoms with Gasteiger partial charge in [-0.05, 0) is 18.9 Å². The van der Waals surface area contributed by atoms with E-state index in [2.05, 4.69) is 12.1 Å². The van der Waals surface area contributed by atoms with Gasteiger partial charge in [-0.2, -0.15) is 0 Å². The first-order valence-corrected chi connectivity index (χ1v) is 6.83. The molecule has 4 nitrogen and oxygen atoms in total. The third-order valence-electron chi connectivity index (χ3n) is 3.45.